The maximum Gasteiger partial charge on any atom is 0.0951 e. The molecule has 0 aliphatic rings. The fourth-order valence-electron chi connectivity index (χ4n) is 1.86. The first-order valence-electron chi connectivity index (χ1n) is 6.27. The molecule has 1 aromatic carbocycles. The minimum atomic E-state index is 0.603. The number of rotatable bonds is 6. The van der Waals surface area contributed by atoms with E-state index in [9.17, 15) is 0 Å². The van der Waals surface area contributed by atoms with E-state index >= 15 is 0 Å². The first-order valence-corrected chi connectivity index (χ1v) is 6.27. The van der Waals surface area contributed by atoms with E-state index in [4.69, 9.17) is 10.5 Å². The van der Waals surface area contributed by atoms with E-state index in [-0.39, 0.29) is 0 Å². The third kappa shape index (κ3) is 3.45. The molecule has 0 amide bonds. The summed E-state index contributed by atoms with van der Waals surface area (Å²) in [4.78, 5) is 4.30. The maximum absolute atomic E-state index is 5.91. The van der Waals surface area contributed by atoms with Crippen molar-refractivity contribution in [2.75, 3.05) is 30.8 Å². The molecule has 4 heteroatoms. The van der Waals surface area contributed by atoms with Crippen LogP contribution in [0.1, 0.15) is 6.92 Å². The Balaban J connectivity index is 2.01. The lowest BCUT2D eigenvalue weighted by atomic mass is 10.1. The number of hydrogen-bond acceptors (Lipinski definition) is 4. The lowest BCUT2D eigenvalue weighted by Gasteiger charge is -2.10. The van der Waals surface area contributed by atoms with Gasteiger partial charge in [-0.1, -0.05) is 24.3 Å². The number of nitrogens with one attached hydrogen (secondary N) is 1. The Morgan fingerprint density at radius 2 is 2.26 bits per heavy atom. The van der Waals surface area contributed by atoms with Gasteiger partial charge < -0.3 is 15.8 Å². The lowest BCUT2D eigenvalue weighted by molar-refractivity contribution is 0.167. The molecule has 0 radical (unpaired) electrons. The average Bonchev–Trinajstić information content (AvgIpc) is 2.39. The zero-order valence-electron chi connectivity index (χ0n) is 11.1. The predicted octanol–water partition coefficient (Wildman–Crippen LogP) is 2.82. The zero-order valence-corrected chi connectivity index (χ0v) is 11.1. The van der Waals surface area contributed by atoms with Crippen LogP contribution in [0, 0.1) is 0 Å². The van der Waals surface area contributed by atoms with Crippen LogP contribution >= 0.6 is 0 Å². The van der Waals surface area contributed by atoms with Crippen molar-refractivity contribution in [1.82, 2.24) is 4.98 Å². The Morgan fingerprint density at radius 1 is 1.42 bits per heavy atom. The van der Waals surface area contributed by atoms with E-state index in [0.717, 1.165) is 28.7 Å². The Bertz CT molecular complexity index is 581. The van der Waals surface area contributed by atoms with Crippen LogP contribution in [0.25, 0.3) is 10.9 Å². The molecule has 19 heavy (non-hydrogen) atoms. The summed E-state index contributed by atoms with van der Waals surface area (Å²) in [6.45, 7) is 7.72. The summed E-state index contributed by atoms with van der Waals surface area (Å²) in [5.41, 5.74) is 9.49. The highest BCUT2D eigenvalue weighted by Gasteiger charge is 2.03. The summed E-state index contributed by atoms with van der Waals surface area (Å²) in [5, 5.41) is 4.37. The summed E-state index contributed by atoms with van der Waals surface area (Å²) in [6, 6.07) is 7.74. The van der Waals surface area contributed by atoms with Gasteiger partial charge in [-0.3, -0.25) is 4.98 Å². The van der Waals surface area contributed by atoms with Gasteiger partial charge in [0.05, 0.1) is 24.4 Å². The standard InChI is InChI=1S/C15H19N3O/c1-11(2)10-19-9-8-17-14-6-7-18-15-12(14)4-3-5-13(15)16/h3-7H,1,8-10,16H2,2H3,(H,17,18). The molecule has 0 saturated heterocycles. The van der Waals surface area contributed by atoms with Crippen LogP contribution < -0.4 is 11.1 Å². The minimum Gasteiger partial charge on any atom is -0.397 e. The van der Waals surface area contributed by atoms with Gasteiger partial charge in [0.15, 0.2) is 0 Å². The number of benzene rings is 1. The molecule has 0 aliphatic heterocycles. The highest BCUT2D eigenvalue weighted by atomic mass is 16.5. The van der Waals surface area contributed by atoms with Gasteiger partial charge in [-0.25, -0.2) is 0 Å². The number of anilines is 2. The van der Waals surface area contributed by atoms with Crippen molar-refractivity contribution in [2.24, 2.45) is 0 Å². The van der Waals surface area contributed by atoms with Gasteiger partial charge in [0.1, 0.15) is 0 Å². The summed E-state index contributed by atoms with van der Waals surface area (Å²) in [5.74, 6) is 0. The number of nitrogen functional groups attached to an aromatic ring is 1. The van der Waals surface area contributed by atoms with Crippen LogP contribution in [0.2, 0.25) is 0 Å². The van der Waals surface area contributed by atoms with Gasteiger partial charge in [-0.15, -0.1) is 0 Å². The first-order chi connectivity index (χ1) is 9.18. The highest BCUT2D eigenvalue weighted by Crippen LogP contribution is 2.25. The molecular weight excluding hydrogens is 238 g/mol. The Morgan fingerprint density at radius 3 is 3.05 bits per heavy atom. The Kier molecular flexibility index (Phi) is 4.36. The molecule has 4 nitrogen and oxygen atoms in total. The van der Waals surface area contributed by atoms with Gasteiger partial charge >= 0.3 is 0 Å². The molecule has 0 atom stereocenters. The molecule has 2 rings (SSSR count). The highest BCUT2D eigenvalue weighted by molar-refractivity contribution is 5.97. The van der Waals surface area contributed by atoms with Crippen LogP contribution in [0.3, 0.4) is 0 Å². The fraction of sp³-hybridized carbons (Fsp3) is 0.267. The summed E-state index contributed by atoms with van der Waals surface area (Å²) < 4.78 is 5.45. The SMILES string of the molecule is C=C(C)COCCNc1ccnc2c(N)cccc12. The van der Waals surface area contributed by atoms with E-state index in [0.29, 0.717) is 18.9 Å². The van der Waals surface area contributed by atoms with Gasteiger partial charge in [-0.05, 0) is 19.1 Å². The molecule has 0 spiro atoms. The van der Waals surface area contributed by atoms with E-state index < -0.39 is 0 Å². The van der Waals surface area contributed by atoms with Crippen LogP contribution in [-0.2, 0) is 4.74 Å². The molecule has 100 valence electrons. The first kappa shape index (κ1) is 13.4. The Hall–Kier alpha value is -2.07. The molecule has 1 aromatic heterocycles. The van der Waals surface area contributed by atoms with Crippen molar-refractivity contribution >= 4 is 22.3 Å². The van der Waals surface area contributed by atoms with Gasteiger partial charge in [-0.2, -0.15) is 0 Å². The van der Waals surface area contributed by atoms with E-state index in [1.165, 1.54) is 0 Å². The van der Waals surface area contributed by atoms with Crippen LogP contribution in [0.4, 0.5) is 11.4 Å². The molecular formula is C15H19N3O. The topological polar surface area (TPSA) is 60.2 Å². The second-order valence-corrected chi connectivity index (χ2v) is 4.54. The van der Waals surface area contributed by atoms with Gasteiger partial charge in [0.2, 0.25) is 0 Å². The third-order valence-corrected chi connectivity index (χ3v) is 2.71. The van der Waals surface area contributed by atoms with Crippen molar-refractivity contribution < 1.29 is 4.74 Å². The zero-order chi connectivity index (χ0) is 13.7. The minimum absolute atomic E-state index is 0.603. The van der Waals surface area contributed by atoms with Crippen LogP contribution in [-0.4, -0.2) is 24.7 Å². The third-order valence-electron chi connectivity index (χ3n) is 2.71. The molecule has 0 aliphatic carbocycles. The van der Waals surface area contributed by atoms with E-state index in [1.807, 2.05) is 31.2 Å². The van der Waals surface area contributed by atoms with Crippen molar-refractivity contribution in [3.05, 3.63) is 42.6 Å². The second-order valence-electron chi connectivity index (χ2n) is 4.54. The Labute approximate surface area is 113 Å². The van der Waals surface area contributed by atoms with Crippen molar-refractivity contribution in [1.29, 1.82) is 0 Å². The van der Waals surface area contributed by atoms with E-state index in [1.54, 1.807) is 6.20 Å². The largest absolute Gasteiger partial charge is 0.397 e. The second kappa shape index (κ2) is 6.20. The average molecular weight is 257 g/mol. The number of pyridine rings is 1. The smallest absolute Gasteiger partial charge is 0.0951 e. The van der Waals surface area contributed by atoms with E-state index in [2.05, 4.69) is 16.9 Å². The normalized spacial score (nSPS) is 10.6. The number of para-hydroxylation sites is 1. The molecule has 0 fully saturated rings. The number of hydrogen-bond donors (Lipinski definition) is 2. The molecule has 1 heterocycles. The number of fused-ring (bicyclic) bond motifs is 1. The van der Waals surface area contributed by atoms with Crippen molar-refractivity contribution in [3.63, 3.8) is 0 Å². The molecule has 0 saturated carbocycles. The number of aromatic nitrogens is 1. The summed E-state index contributed by atoms with van der Waals surface area (Å²) in [7, 11) is 0. The monoisotopic (exact) mass is 257 g/mol. The summed E-state index contributed by atoms with van der Waals surface area (Å²) in [6.07, 6.45) is 1.76. The van der Waals surface area contributed by atoms with Crippen LogP contribution in [0.5, 0.6) is 0 Å². The fourth-order valence-corrected chi connectivity index (χ4v) is 1.86. The van der Waals surface area contributed by atoms with Gasteiger partial charge in [0.25, 0.3) is 0 Å². The lowest BCUT2D eigenvalue weighted by Crippen LogP contribution is -2.10. The maximum atomic E-state index is 5.91. The van der Waals surface area contributed by atoms with Crippen molar-refractivity contribution in [3.8, 4) is 0 Å². The number of nitrogens with two attached hydrogens (primary N) is 1. The van der Waals surface area contributed by atoms with Gasteiger partial charge in [0, 0.05) is 23.8 Å². The predicted molar refractivity (Wildman–Crippen MR) is 80.3 cm³/mol. The number of nitrogens with zero attached hydrogens (tertiary/aromatic N) is 1. The molecule has 0 unspecified atom stereocenters. The molecule has 3 N–H and O–H groups in total. The number of ether oxygens (including phenoxy) is 1. The molecule has 2 aromatic rings. The van der Waals surface area contributed by atoms with Crippen LogP contribution in [0.15, 0.2) is 42.6 Å². The van der Waals surface area contributed by atoms with Crippen molar-refractivity contribution in [2.45, 2.75) is 6.92 Å². The quantitative estimate of drug-likeness (QED) is 0.474. The summed E-state index contributed by atoms with van der Waals surface area (Å²) >= 11 is 0. The molecule has 0 bridgehead atoms.